The molecule has 0 bridgehead atoms. The molecule has 88 valence electrons. The topological polar surface area (TPSA) is 16.1 Å². The zero-order chi connectivity index (χ0) is 12.3. The van der Waals surface area contributed by atoms with Gasteiger partial charge < -0.3 is 4.90 Å². The quantitative estimate of drug-likeness (QED) is 0.811. The molecule has 1 heterocycles. The van der Waals surface area contributed by atoms with Crippen molar-refractivity contribution < 1.29 is 8.78 Å². The van der Waals surface area contributed by atoms with Gasteiger partial charge in [0.25, 0.3) is 0 Å². The fourth-order valence-corrected chi connectivity index (χ4v) is 1.62. The Labute approximate surface area is 98.5 Å². The van der Waals surface area contributed by atoms with E-state index in [0.717, 1.165) is 11.6 Å². The molecule has 2 rings (SSSR count). The summed E-state index contributed by atoms with van der Waals surface area (Å²) in [5.41, 5.74) is 1.49. The van der Waals surface area contributed by atoms with Gasteiger partial charge in [-0.1, -0.05) is 6.07 Å². The molecule has 0 aliphatic heterocycles. The second-order valence-corrected chi connectivity index (χ2v) is 3.84. The Morgan fingerprint density at radius 3 is 2.47 bits per heavy atom. The number of halogens is 2. The first-order valence-corrected chi connectivity index (χ1v) is 5.21. The Morgan fingerprint density at radius 1 is 1.18 bits per heavy atom. The molecule has 0 spiro atoms. The molecule has 0 N–H and O–H groups in total. The molecule has 0 unspecified atom stereocenters. The number of pyridine rings is 1. The lowest BCUT2D eigenvalue weighted by Crippen LogP contribution is -2.16. The van der Waals surface area contributed by atoms with E-state index in [4.69, 9.17) is 0 Å². The van der Waals surface area contributed by atoms with Crippen LogP contribution in [0.1, 0.15) is 5.56 Å². The van der Waals surface area contributed by atoms with Crippen molar-refractivity contribution in [3.05, 3.63) is 59.9 Å². The number of rotatable bonds is 3. The van der Waals surface area contributed by atoms with E-state index in [-0.39, 0.29) is 0 Å². The first kappa shape index (κ1) is 11.5. The van der Waals surface area contributed by atoms with Gasteiger partial charge in [0.15, 0.2) is 0 Å². The van der Waals surface area contributed by atoms with Gasteiger partial charge >= 0.3 is 0 Å². The number of hydrogen-bond donors (Lipinski definition) is 0. The predicted molar refractivity (Wildman–Crippen MR) is 62.7 cm³/mol. The highest BCUT2D eigenvalue weighted by atomic mass is 19.1. The molecule has 1 aromatic heterocycles. The van der Waals surface area contributed by atoms with E-state index >= 15 is 0 Å². The van der Waals surface area contributed by atoms with Crippen molar-refractivity contribution in [3.8, 4) is 0 Å². The third kappa shape index (κ3) is 3.00. The van der Waals surface area contributed by atoms with Crippen LogP contribution in [0.3, 0.4) is 0 Å². The van der Waals surface area contributed by atoms with Gasteiger partial charge in [-0.2, -0.15) is 0 Å². The summed E-state index contributed by atoms with van der Waals surface area (Å²) >= 11 is 0. The number of nitrogens with zero attached hydrogens (tertiary/aromatic N) is 2. The van der Waals surface area contributed by atoms with E-state index in [1.165, 1.54) is 12.1 Å². The van der Waals surface area contributed by atoms with E-state index in [0.29, 0.717) is 12.2 Å². The lowest BCUT2D eigenvalue weighted by atomic mass is 10.2. The average molecular weight is 234 g/mol. The number of benzene rings is 1. The molecule has 2 aromatic rings. The summed E-state index contributed by atoms with van der Waals surface area (Å²) in [6, 6.07) is 7.22. The van der Waals surface area contributed by atoms with Crippen LogP contribution in [0, 0.1) is 11.6 Å². The highest BCUT2D eigenvalue weighted by Gasteiger charge is 2.06. The van der Waals surface area contributed by atoms with E-state index in [1.807, 2.05) is 12.1 Å². The number of hydrogen-bond acceptors (Lipinski definition) is 2. The minimum Gasteiger partial charge on any atom is -0.370 e. The molecular weight excluding hydrogens is 222 g/mol. The lowest BCUT2D eigenvalue weighted by Gasteiger charge is -2.19. The molecule has 4 heteroatoms. The maximum atomic E-state index is 13.0. The van der Waals surface area contributed by atoms with Crippen LogP contribution in [-0.2, 0) is 6.54 Å². The first-order chi connectivity index (χ1) is 8.15. The molecule has 0 aliphatic carbocycles. The van der Waals surface area contributed by atoms with Crippen LogP contribution in [0.25, 0.3) is 0 Å². The summed E-state index contributed by atoms with van der Waals surface area (Å²) in [6.07, 6.45) is 3.41. The highest BCUT2D eigenvalue weighted by Crippen LogP contribution is 2.18. The van der Waals surface area contributed by atoms with Crippen LogP contribution in [0.2, 0.25) is 0 Å². The maximum Gasteiger partial charge on any atom is 0.128 e. The van der Waals surface area contributed by atoms with Crippen LogP contribution in [0.5, 0.6) is 0 Å². The van der Waals surface area contributed by atoms with Crippen LogP contribution >= 0.6 is 0 Å². The van der Waals surface area contributed by atoms with Gasteiger partial charge in [0, 0.05) is 37.7 Å². The fraction of sp³-hybridized carbons (Fsp3) is 0.154. The zero-order valence-corrected chi connectivity index (χ0v) is 9.40. The maximum absolute atomic E-state index is 13.0. The van der Waals surface area contributed by atoms with Crippen molar-refractivity contribution in [1.29, 1.82) is 0 Å². The summed E-state index contributed by atoms with van der Waals surface area (Å²) in [5.74, 6) is -1.14. The Hall–Kier alpha value is -1.97. The minimum absolute atomic E-state index is 0.506. The predicted octanol–water partition coefficient (Wildman–Crippen LogP) is 3.00. The van der Waals surface area contributed by atoms with Gasteiger partial charge in [0.2, 0.25) is 0 Å². The molecule has 0 saturated carbocycles. The van der Waals surface area contributed by atoms with Gasteiger partial charge in [-0.15, -0.1) is 0 Å². The molecule has 2 nitrogen and oxygen atoms in total. The number of aromatic nitrogens is 1. The normalized spacial score (nSPS) is 10.3. The number of anilines is 1. The lowest BCUT2D eigenvalue weighted by molar-refractivity contribution is 0.582. The molecule has 0 aliphatic rings. The van der Waals surface area contributed by atoms with Crippen LogP contribution in [0.15, 0.2) is 42.7 Å². The molecule has 0 atom stereocenters. The second kappa shape index (κ2) is 4.91. The van der Waals surface area contributed by atoms with Crippen LogP contribution in [0.4, 0.5) is 14.5 Å². The van der Waals surface area contributed by atoms with Crippen molar-refractivity contribution >= 4 is 5.69 Å². The van der Waals surface area contributed by atoms with Gasteiger partial charge in [0.1, 0.15) is 11.6 Å². The zero-order valence-electron chi connectivity index (χ0n) is 9.40. The van der Waals surface area contributed by atoms with Crippen LogP contribution in [-0.4, -0.2) is 12.0 Å². The molecular formula is C13H12F2N2. The Kier molecular flexibility index (Phi) is 3.32. The SMILES string of the molecule is CN(Cc1cccnc1)c1cc(F)cc(F)c1. The smallest absolute Gasteiger partial charge is 0.128 e. The first-order valence-electron chi connectivity index (χ1n) is 5.21. The van der Waals surface area contributed by atoms with Gasteiger partial charge in [-0.05, 0) is 23.8 Å². The van der Waals surface area contributed by atoms with E-state index < -0.39 is 11.6 Å². The standard InChI is InChI=1S/C13H12F2N2/c1-17(9-10-3-2-4-16-8-10)13-6-11(14)5-12(15)7-13/h2-8H,9H2,1H3. The third-order valence-electron chi connectivity index (χ3n) is 2.43. The van der Waals surface area contributed by atoms with Crippen molar-refractivity contribution in [1.82, 2.24) is 4.98 Å². The van der Waals surface area contributed by atoms with Crippen molar-refractivity contribution in [3.63, 3.8) is 0 Å². The average Bonchev–Trinajstić information content (AvgIpc) is 2.29. The molecule has 0 amide bonds. The molecule has 1 aromatic carbocycles. The second-order valence-electron chi connectivity index (χ2n) is 3.84. The van der Waals surface area contributed by atoms with Gasteiger partial charge in [-0.3, -0.25) is 4.98 Å². The molecule has 0 fully saturated rings. The molecule has 17 heavy (non-hydrogen) atoms. The van der Waals surface area contributed by atoms with Gasteiger partial charge in [-0.25, -0.2) is 8.78 Å². The summed E-state index contributed by atoms with van der Waals surface area (Å²) in [4.78, 5) is 5.76. The monoisotopic (exact) mass is 234 g/mol. The van der Waals surface area contributed by atoms with Crippen molar-refractivity contribution in [2.45, 2.75) is 6.54 Å². The summed E-state index contributed by atoms with van der Waals surface area (Å²) in [6.45, 7) is 0.552. The largest absolute Gasteiger partial charge is 0.370 e. The Balaban J connectivity index is 2.17. The van der Waals surface area contributed by atoms with Crippen molar-refractivity contribution in [2.24, 2.45) is 0 Å². The van der Waals surface area contributed by atoms with Crippen molar-refractivity contribution in [2.75, 3.05) is 11.9 Å². The minimum atomic E-state index is -0.571. The van der Waals surface area contributed by atoms with E-state index in [9.17, 15) is 8.78 Å². The molecule has 0 radical (unpaired) electrons. The Morgan fingerprint density at radius 2 is 1.88 bits per heavy atom. The summed E-state index contributed by atoms with van der Waals surface area (Å²) < 4.78 is 26.1. The highest BCUT2D eigenvalue weighted by molar-refractivity contribution is 5.46. The molecule has 0 saturated heterocycles. The Bertz CT molecular complexity index is 480. The van der Waals surface area contributed by atoms with Crippen LogP contribution < -0.4 is 4.90 Å². The fourth-order valence-electron chi connectivity index (χ4n) is 1.62. The summed E-state index contributed by atoms with van der Waals surface area (Å²) in [7, 11) is 1.78. The third-order valence-corrected chi connectivity index (χ3v) is 2.43. The van der Waals surface area contributed by atoms with Gasteiger partial charge in [0.05, 0.1) is 0 Å². The van der Waals surface area contributed by atoms with E-state index in [1.54, 1.807) is 24.3 Å². The summed E-state index contributed by atoms with van der Waals surface area (Å²) in [5, 5.41) is 0. The van der Waals surface area contributed by atoms with E-state index in [2.05, 4.69) is 4.98 Å².